The molecule has 0 aliphatic rings. The van der Waals surface area contributed by atoms with Crippen LogP contribution in [0.1, 0.15) is 32.8 Å². The van der Waals surface area contributed by atoms with Crippen molar-refractivity contribution in [3.63, 3.8) is 0 Å². The number of hydrogen-bond acceptors (Lipinski definition) is 4. The average molecular weight is 339 g/mol. The third kappa shape index (κ3) is 6.54. The van der Waals surface area contributed by atoms with Crippen molar-refractivity contribution in [3.05, 3.63) is 29.6 Å². The molecule has 0 fully saturated rings. The highest BCUT2D eigenvalue weighted by molar-refractivity contribution is 5.95. The summed E-state index contributed by atoms with van der Waals surface area (Å²) in [7, 11) is 1.41. The summed E-state index contributed by atoms with van der Waals surface area (Å²) in [4.78, 5) is 25.4. The predicted octanol–water partition coefficient (Wildman–Crippen LogP) is 2.28. The van der Waals surface area contributed by atoms with Crippen LogP contribution in [0.5, 0.6) is 5.75 Å². The molecule has 0 spiro atoms. The smallest absolute Gasteiger partial charge is 0.321 e. The lowest BCUT2D eigenvalue weighted by molar-refractivity contribution is -0.121. The van der Waals surface area contributed by atoms with Crippen molar-refractivity contribution in [2.45, 2.75) is 39.8 Å². The van der Waals surface area contributed by atoms with Gasteiger partial charge in [0.05, 0.1) is 13.7 Å². The second-order valence-electron chi connectivity index (χ2n) is 5.60. The summed E-state index contributed by atoms with van der Waals surface area (Å²) >= 11 is 0. The van der Waals surface area contributed by atoms with Crippen molar-refractivity contribution in [1.29, 1.82) is 0 Å². The van der Waals surface area contributed by atoms with E-state index in [2.05, 4.69) is 10.6 Å². The van der Waals surface area contributed by atoms with Gasteiger partial charge in [-0.1, -0.05) is 19.9 Å². The second kappa shape index (κ2) is 9.87. The molecule has 134 valence electrons. The van der Waals surface area contributed by atoms with E-state index in [1.807, 2.05) is 25.7 Å². The maximum atomic E-state index is 13.7. The minimum Gasteiger partial charge on any atom is -0.494 e. The van der Waals surface area contributed by atoms with Crippen molar-refractivity contribution in [2.75, 3.05) is 20.2 Å². The van der Waals surface area contributed by atoms with E-state index in [1.165, 1.54) is 13.2 Å². The molecule has 0 saturated heterocycles. The molecule has 0 aromatic heterocycles. The van der Waals surface area contributed by atoms with Gasteiger partial charge in [-0.2, -0.15) is 0 Å². The number of rotatable bonds is 8. The molecule has 0 saturated carbocycles. The first kappa shape index (κ1) is 19.9. The molecule has 1 atom stereocenters. The third-order valence-electron chi connectivity index (χ3n) is 3.68. The quantitative estimate of drug-likeness (QED) is 0.762. The zero-order valence-corrected chi connectivity index (χ0v) is 14.7. The first-order valence-electron chi connectivity index (χ1n) is 8.04. The Hall–Kier alpha value is -2.15. The first-order valence-corrected chi connectivity index (χ1v) is 8.04. The topological polar surface area (TPSA) is 70.7 Å². The molecule has 0 bridgehead atoms. The highest BCUT2D eigenvalue weighted by Gasteiger charge is 2.14. The van der Waals surface area contributed by atoms with Gasteiger partial charge in [-0.15, -0.1) is 0 Å². The van der Waals surface area contributed by atoms with E-state index in [0.717, 1.165) is 12.0 Å². The Bertz CT molecular complexity index is 566. The van der Waals surface area contributed by atoms with Gasteiger partial charge in [-0.3, -0.25) is 15.0 Å². The van der Waals surface area contributed by atoms with Gasteiger partial charge in [0.25, 0.3) is 0 Å². The molecule has 24 heavy (non-hydrogen) atoms. The van der Waals surface area contributed by atoms with Crippen LogP contribution in [-0.4, -0.2) is 43.1 Å². The van der Waals surface area contributed by atoms with Crippen LogP contribution in [0.25, 0.3) is 0 Å². The Kier molecular flexibility index (Phi) is 8.18. The van der Waals surface area contributed by atoms with Crippen LogP contribution >= 0.6 is 0 Å². The number of nitrogens with zero attached hydrogens (tertiary/aromatic N) is 1. The summed E-state index contributed by atoms with van der Waals surface area (Å²) in [5.41, 5.74) is 0.729. The van der Waals surface area contributed by atoms with Gasteiger partial charge in [0, 0.05) is 12.6 Å². The van der Waals surface area contributed by atoms with Crippen LogP contribution in [0.2, 0.25) is 0 Å². The lowest BCUT2D eigenvalue weighted by atomic mass is 10.2. The minimum absolute atomic E-state index is 0.00218. The van der Waals surface area contributed by atoms with E-state index >= 15 is 0 Å². The molecule has 1 rings (SSSR count). The molecule has 0 radical (unpaired) electrons. The zero-order valence-electron chi connectivity index (χ0n) is 14.7. The summed E-state index contributed by atoms with van der Waals surface area (Å²) in [5.74, 6) is -0.656. The van der Waals surface area contributed by atoms with Crippen LogP contribution in [0.4, 0.5) is 9.18 Å². The highest BCUT2D eigenvalue weighted by Crippen LogP contribution is 2.18. The lowest BCUT2D eigenvalue weighted by Crippen LogP contribution is -2.46. The van der Waals surface area contributed by atoms with E-state index in [1.54, 1.807) is 12.1 Å². The number of halogens is 1. The molecule has 0 aliphatic heterocycles. The number of carbonyl (C=O) groups is 2. The summed E-state index contributed by atoms with van der Waals surface area (Å²) in [6.07, 6.45) is 0.783. The van der Waals surface area contributed by atoms with E-state index in [-0.39, 0.29) is 18.3 Å². The number of ether oxygens (including phenoxy) is 1. The van der Waals surface area contributed by atoms with Gasteiger partial charge in [0.15, 0.2) is 11.6 Å². The monoisotopic (exact) mass is 339 g/mol. The maximum absolute atomic E-state index is 13.7. The van der Waals surface area contributed by atoms with Gasteiger partial charge < -0.3 is 10.1 Å². The van der Waals surface area contributed by atoms with Crippen LogP contribution < -0.4 is 15.4 Å². The number of likely N-dealkylation sites (N-methyl/N-ethyl adjacent to an activating group) is 1. The van der Waals surface area contributed by atoms with Crippen LogP contribution in [0, 0.1) is 5.82 Å². The normalized spacial score (nSPS) is 11.9. The Morgan fingerprint density at radius 3 is 2.58 bits per heavy atom. The van der Waals surface area contributed by atoms with Crippen LogP contribution in [0.15, 0.2) is 18.2 Å². The largest absolute Gasteiger partial charge is 0.494 e. The summed E-state index contributed by atoms with van der Waals surface area (Å²) < 4.78 is 18.6. The van der Waals surface area contributed by atoms with Crippen molar-refractivity contribution in [3.8, 4) is 5.75 Å². The van der Waals surface area contributed by atoms with Gasteiger partial charge in [-0.05, 0) is 37.6 Å². The van der Waals surface area contributed by atoms with Gasteiger partial charge in [0.2, 0.25) is 5.91 Å². The predicted molar refractivity (Wildman–Crippen MR) is 90.3 cm³/mol. The molecule has 2 N–H and O–H groups in total. The molecule has 1 aromatic rings. The SMILES string of the molecule is CC[C@H](C)NC(=O)NC(=O)CN(CC)Cc1ccc(OC)c(F)c1. The zero-order chi connectivity index (χ0) is 18.1. The Balaban J connectivity index is 2.56. The molecular formula is C17H26FN3O3. The third-order valence-corrected chi connectivity index (χ3v) is 3.68. The average Bonchev–Trinajstić information content (AvgIpc) is 2.53. The van der Waals surface area contributed by atoms with Crippen molar-refractivity contribution in [2.24, 2.45) is 0 Å². The Morgan fingerprint density at radius 2 is 2.04 bits per heavy atom. The summed E-state index contributed by atoms with van der Waals surface area (Å²) in [6.45, 7) is 6.75. The van der Waals surface area contributed by atoms with Crippen molar-refractivity contribution < 1.29 is 18.7 Å². The highest BCUT2D eigenvalue weighted by atomic mass is 19.1. The molecule has 7 heteroatoms. The van der Waals surface area contributed by atoms with Crippen LogP contribution in [-0.2, 0) is 11.3 Å². The van der Waals surface area contributed by atoms with E-state index in [9.17, 15) is 14.0 Å². The van der Waals surface area contributed by atoms with Gasteiger partial charge in [0.1, 0.15) is 0 Å². The Morgan fingerprint density at radius 1 is 1.33 bits per heavy atom. The first-order chi connectivity index (χ1) is 11.4. The standard InChI is InChI=1S/C17H26FN3O3/c1-5-12(3)19-17(23)20-16(22)11-21(6-2)10-13-7-8-15(24-4)14(18)9-13/h7-9,12H,5-6,10-11H2,1-4H3,(H2,19,20,22,23)/t12-/m0/s1. The Labute approximate surface area is 142 Å². The summed E-state index contributed by atoms with van der Waals surface area (Å²) in [5, 5.41) is 4.97. The second-order valence-corrected chi connectivity index (χ2v) is 5.60. The van der Waals surface area contributed by atoms with Crippen molar-refractivity contribution in [1.82, 2.24) is 15.5 Å². The molecule has 0 aliphatic carbocycles. The molecule has 1 aromatic carbocycles. The van der Waals surface area contributed by atoms with Gasteiger partial charge >= 0.3 is 6.03 Å². The number of urea groups is 1. The molecule has 6 nitrogen and oxygen atoms in total. The van der Waals surface area contributed by atoms with Crippen LogP contribution in [0.3, 0.4) is 0 Å². The number of amides is 3. The number of hydrogen-bond donors (Lipinski definition) is 2. The fraction of sp³-hybridized carbons (Fsp3) is 0.529. The number of nitrogens with one attached hydrogen (secondary N) is 2. The maximum Gasteiger partial charge on any atom is 0.321 e. The molecule has 0 unspecified atom stereocenters. The van der Waals surface area contributed by atoms with Crippen molar-refractivity contribution >= 4 is 11.9 Å². The van der Waals surface area contributed by atoms with E-state index in [4.69, 9.17) is 4.74 Å². The number of benzene rings is 1. The molecular weight excluding hydrogens is 313 g/mol. The molecule has 3 amide bonds. The molecule has 0 heterocycles. The number of carbonyl (C=O) groups excluding carboxylic acids is 2. The van der Waals surface area contributed by atoms with E-state index < -0.39 is 17.8 Å². The lowest BCUT2D eigenvalue weighted by Gasteiger charge is -2.20. The van der Waals surface area contributed by atoms with Gasteiger partial charge in [-0.25, -0.2) is 9.18 Å². The fourth-order valence-electron chi connectivity index (χ4n) is 2.08. The fourth-order valence-corrected chi connectivity index (χ4v) is 2.08. The minimum atomic E-state index is -0.499. The number of methoxy groups -OCH3 is 1. The summed E-state index contributed by atoms with van der Waals surface area (Å²) in [6, 6.07) is 4.19. The van der Waals surface area contributed by atoms with E-state index in [0.29, 0.717) is 13.1 Å². The number of imide groups is 1.